The number of pyridine rings is 1. The third-order valence-corrected chi connectivity index (χ3v) is 3.72. The number of halogens is 1. The van der Waals surface area contributed by atoms with Gasteiger partial charge in [0.2, 0.25) is 0 Å². The van der Waals surface area contributed by atoms with Gasteiger partial charge in [-0.1, -0.05) is 22.0 Å². The van der Waals surface area contributed by atoms with Crippen molar-refractivity contribution in [1.29, 1.82) is 0 Å². The first kappa shape index (κ1) is 15.4. The molecular weight excluding hydrogens is 362 g/mol. The van der Waals surface area contributed by atoms with E-state index in [0.29, 0.717) is 27.8 Å². The van der Waals surface area contributed by atoms with Gasteiger partial charge in [-0.15, -0.1) is 4.91 Å². The minimum Gasteiger partial charge on any atom is -0.288 e. The first-order valence-corrected chi connectivity index (χ1v) is 7.57. The van der Waals surface area contributed by atoms with E-state index in [1.165, 1.54) is 0 Å². The second kappa shape index (κ2) is 6.76. The van der Waals surface area contributed by atoms with E-state index in [1.807, 2.05) is 24.3 Å². The number of fused-ring (bicyclic) bond motifs is 1. The summed E-state index contributed by atoms with van der Waals surface area (Å²) in [6, 6.07) is 11.0. The maximum absolute atomic E-state index is 10.5. The number of hydroxylamine groups is 2. The molecule has 0 aliphatic carbocycles. The van der Waals surface area contributed by atoms with E-state index in [9.17, 15) is 10.1 Å². The fourth-order valence-electron chi connectivity index (χ4n) is 2.29. The smallest absolute Gasteiger partial charge is 0.173 e. The van der Waals surface area contributed by atoms with Crippen molar-refractivity contribution in [3.63, 3.8) is 0 Å². The number of nitroso groups, excluding NO2 is 1. The van der Waals surface area contributed by atoms with Crippen molar-refractivity contribution in [2.75, 3.05) is 13.2 Å². The van der Waals surface area contributed by atoms with E-state index in [4.69, 9.17) is 0 Å². The molecule has 0 fully saturated rings. The van der Waals surface area contributed by atoms with Gasteiger partial charge in [0.15, 0.2) is 6.67 Å². The molecule has 7 nitrogen and oxygen atoms in total. The van der Waals surface area contributed by atoms with Crippen LogP contribution in [0.25, 0.3) is 5.70 Å². The SMILES string of the molecule is O=NC/N=C1/CN(O)C(c2ccccn2)=c2cc(Br)ccc2=N1. The molecule has 1 aliphatic rings. The Labute approximate surface area is 139 Å². The van der Waals surface area contributed by atoms with Gasteiger partial charge in [-0.2, -0.15) is 0 Å². The summed E-state index contributed by atoms with van der Waals surface area (Å²) in [6.07, 6.45) is 1.65. The number of hydrogen-bond donors (Lipinski definition) is 1. The summed E-state index contributed by atoms with van der Waals surface area (Å²) in [5, 5.41) is 15.6. The Morgan fingerprint density at radius 3 is 2.91 bits per heavy atom. The highest BCUT2D eigenvalue weighted by atomic mass is 79.9. The van der Waals surface area contributed by atoms with Crippen LogP contribution in [0.5, 0.6) is 0 Å². The van der Waals surface area contributed by atoms with Crippen LogP contribution < -0.4 is 10.6 Å². The van der Waals surface area contributed by atoms with E-state index < -0.39 is 0 Å². The molecule has 116 valence electrons. The van der Waals surface area contributed by atoms with Gasteiger partial charge in [-0.25, -0.2) is 15.0 Å². The van der Waals surface area contributed by atoms with E-state index in [1.54, 1.807) is 18.3 Å². The van der Waals surface area contributed by atoms with Gasteiger partial charge in [0, 0.05) is 15.9 Å². The summed E-state index contributed by atoms with van der Waals surface area (Å²) >= 11 is 3.43. The van der Waals surface area contributed by atoms with Crippen LogP contribution in [0.15, 0.2) is 62.2 Å². The zero-order valence-corrected chi connectivity index (χ0v) is 13.5. The number of aromatic nitrogens is 1. The Kier molecular flexibility index (Phi) is 4.54. The molecule has 1 N–H and O–H groups in total. The predicted molar refractivity (Wildman–Crippen MR) is 88.3 cm³/mol. The monoisotopic (exact) mass is 373 g/mol. The van der Waals surface area contributed by atoms with E-state index in [-0.39, 0.29) is 13.2 Å². The quantitative estimate of drug-likeness (QED) is 0.824. The molecule has 8 heteroatoms. The summed E-state index contributed by atoms with van der Waals surface area (Å²) in [5.41, 5.74) is 1.13. The second-order valence-corrected chi connectivity index (χ2v) is 5.66. The van der Waals surface area contributed by atoms with Crippen molar-refractivity contribution < 1.29 is 5.21 Å². The van der Waals surface area contributed by atoms with Crippen molar-refractivity contribution in [2.24, 2.45) is 15.2 Å². The fraction of sp³-hybridized carbons (Fsp3) is 0.133. The molecule has 23 heavy (non-hydrogen) atoms. The predicted octanol–water partition coefficient (Wildman–Crippen LogP) is 1.45. The summed E-state index contributed by atoms with van der Waals surface area (Å²) < 4.78 is 0.850. The van der Waals surface area contributed by atoms with E-state index >= 15 is 0 Å². The molecule has 2 heterocycles. The Bertz CT molecular complexity index is 882. The van der Waals surface area contributed by atoms with Crippen LogP contribution in [-0.2, 0) is 0 Å². The average molecular weight is 374 g/mol. The molecule has 0 amide bonds. The molecule has 3 rings (SSSR count). The van der Waals surface area contributed by atoms with E-state index in [0.717, 1.165) is 9.54 Å². The number of nitrogens with zero attached hydrogens (tertiary/aromatic N) is 5. The molecule has 1 aromatic carbocycles. The lowest BCUT2D eigenvalue weighted by Gasteiger charge is -2.18. The standard InChI is InChI=1S/C15H12BrN5O2/c16-10-4-5-12-11(7-10)15(13-3-1-2-6-17-13)21(23)8-14(20-12)18-9-19-22/h1-7,23H,8-9H2/b18-14-. The lowest BCUT2D eigenvalue weighted by molar-refractivity contribution is -0.0123. The van der Waals surface area contributed by atoms with Gasteiger partial charge in [-0.3, -0.25) is 10.2 Å². The van der Waals surface area contributed by atoms with E-state index in [2.05, 4.69) is 36.1 Å². The van der Waals surface area contributed by atoms with Crippen LogP contribution >= 0.6 is 15.9 Å². The highest BCUT2D eigenvalue weighted by molar-refractivity contribution is 9.10. The Morgan fingerprint density at radius 1 is 1.30 bits per heavy atom. The summed E-state index contributed by atoms with van der Waals surface area (Å²) in [7, 11) is 0. The lowest BCUT2D eigenvalue weighted by atomic mass is 10.2. The van der Waals surface area contributed by atoms with Crippen molar-refractivity contribution in [3.05, 3.63) is 68.2 Å². The first-order valence-electron chi connectivity index (χ1n) is 6.78. The summed E-state index contributed by atoms with van der Waals surface area (Å²) in [6.45, 7) is -0.203. The second-order valence-electron chi connectivity index (χ2n) is 4.74. The molecule has 0 radical (unpaired) electrons. The van der Waals surface area contributed by atoms with Crippen LogP contribution in [0.1, 0.15) is 5.69 Å². The maximum Gasteiger partial charge on any atom is 0.173 e. The van der Waals surface area contributed by atoms with Crippen LogP contribution in [0.4, 0.5) is 0 Å². The molecule has 1 aromatic heterocycles. The largest absolute Gasteiger partial charge is 0.288 e. The fourth-order valence-corrected chi connectivity index (χ4v) is 2.65. The minimum atomic E-state index is -0.239. The summed E-state index contributed by atoms with van der Waals surface area (Å²) in [5.74, 6) is 0.321. The summed E-state index contributed by atoms with van der Waals surface area (Å²) in [4.78, 5) is 23.0. The van der Waals surface area contributed by atoms with Gasteiger partial charge >= 0.3 is 0 Å². The first-order chi connectivity index (χ1) is 11.2. The van der Waals surface area contributed by atoms with Gasteiger partial charge in [0.05, 0.1) is 16.7 Å². The van der Waals surface area contributed by atoms with Gasteiger partial charge in [0.25, 0.3) is 0 Å². The third-order valence-electron chi connectivity index (χ3n) is 3.23. The number of amidine groups is 1. The molecule has 1 aliphatic heterocycles. The van der Waals surface area contributed by atoms with Gasteiger partial charge in [-0.05, 0) is 35.5 Å². The number of rotatable bonds is 3. The van der Waals surface area contributed by atoms with Crippen LogP contribution in [0, 0.1) is 4.91 Å². The minimum absolute atomic E-state index is 0.0354. The Morgan fingerprint density at radius 2 is 2.17 bits per heavy atom. The van der Waals surface area contributed by atoms with Crippen molar-refractivity contribution in [3.8, 4) is 0 Å². The lowest BCUT2D eigenvalue weighted by Crippen LogP contribution is -2.32. The molecular formula is C15H12BrN5O2. The van der Waals surface area contributed by atoms with Crippen LogP contribution in [0.2, 0.25) is 0 Å². The molecule has 0 saturated heterocycles. The van der Waals surface area contributed by atoms with Crippen LogP contribution in [0.3, 0.4) is 0 Å². The van der Waals surface area contributed by atoms with Crippen molar-refractivity contribution >= 4 is 27.5 Å². The number of aliphatic imine (C=N–C) groups is 1. The maximum atomic E-state index is 10.5. The normalized spacial score (nSPS) is 15.8. The molecule has 0 spiro atoms. The molecule has 0 bridgehead atoms. The van der Waals surface area contributed by atoms with Crippen LogP contribution in [-0.4, -0.2) is 34.3 Å². The number of hydrogen-bond acceptors (Lipinski definition) is 6. The van der Waals surface area contributed by atoms with Gasteiger partial charge < -0.3 is 0 Å². The Hall–Kier alpha value is -2.45. The molecule has 2 aromatic rings. The zero-order chi connectivity index (χ0) is 16.2. The highest BCUT2D eigenvalue weighted by Gasteiger charge is 2.18. The topological polar surface area (TPSA) is 90.5 Å². The van der Waals surface area contributed by atoms with Crippen molar-refractivity contribution in [1.82, 2.24) is 10.0 Å². The highest BCUT2D eigenvalue weighted by Crippen LogP contribution is 2.14. The zero-order valence-electron chi connectivity index (χ0n) is 11.9. The molecule has 0 atom stereocenters. The Balaban J connectivity index is 2.32. The molecule has 0 saturated carbocycles. The van der Waals surface area contributed by atoms with Gasteiger partial charge in [0.1, 0.15) is 12.4 Å². The average Bonchev–Trinajstić information content (AvgIpc) is 2.69. The third kappa shape index (κ3) is 3.33. The van der Waals surface area contributed by atoms with Crippen molar-refractivity contribution in [2.45, 2.75) is 0 Å². The molecule has 0 unspecified atom stereocenters. The number of benzene rings is 1.